The number of rotatable bonds is 7. The molecule has 2 fully saturated rings. The number of nitrogens with one attached hydrogen (secondary N) is 2. The van der Waals surface area contributed by atoms with Crippen molar-refractivity contribution in [3.8, 4) is 5.75 Å². The lowest BCUT2D eigenvalue weighted by molar-refractivity contribution is 0.102. The summed E-state index contributed by atoms with van der Waals surface area (Å²) in [6.07, 6.45) is 6.61. The molecule has 148 valence electrons. The van der Waals surface area contributed by atoms with Crippen LogP contribution in [0.5, 0.6) is 5.75 Å². The standard InChI is InChI=1S/C21H24N2O4S/c24-21(15-4-3-7-20(14-15)28(25,26)23-17-8-9-17)22-16-10-12-19(13-11-16)27-18-5-1-2-6-18/h3-4,7,10-14,17-18,23H,1-2,5-6,8-9H2,(H,22,24). The molecular formula is C21H24N2O4S. The molecule has 0 radical (unpaired) electrons. The van der Waals surface area contributed by atoms with Crippen molar-refractivity contribution in [3.05, 3.63) is 54.1 Å². The van der Waals surface area contributed by atoms with Crippen molar-refractivity contribution in [1.82, 2.24) is 4.72 Å². The lowest BCUT2D eigenvalue weighted by Crippen LogP contribution is -2.26. The first kappa shape index (κ1) is 19.0. The average Bonchev–Trinajstić information content (AvgIpc) is 3.34. The number of anilines is 1. The monoisotopic (exact) mass is 400 g/mol. The molecule has 2 aliphatic carbocycles. The summed E-state index contributed by atoms with van der Waals surface area (Å²) in [4.78, 5) is 12.6. The number of sulfonamides is 1. The SMILES string of the molecule is O=C(Nc1ccc(OC2CCCC2)cc1)c1cccc(S(=O)(=O)NC2CC2)c1. The average molecular weight is 401 g/mol. The largest absolute Gasteiger partial charge is 0.490 e. The second kappa shape index (κ2) is 7.93. The Hall–Kier alpha value is -2.38. The van der Waals surface area contributed by atoms with Crippen molar-refractivity contribution >= 4 is 21.6 Å². The van der Waals surface area contributed by atoms with Crippen LogP contribution in [0.2, 0.25) is 0 Å². The van der Waals surface area contributed by atoms with Gasteiger partial charge in [-0.3, -0.25) is 4.79 Å². The third-order valence-corrected chi connectivity index (χ3v) is 6.54. The summed E-state index contributed by atoms with van der Waals surface area (Å²) in [7, 11) is -3.59. The predicted molar refractivity (Wildman–Crippen MR) is 107 cm³/mol. The van der Waals surface area contributed by atoms with Crippen molar-refractivity contribution in [2.24, 2.45) is 0 Å². The Morgan fingerprint density at radius 3 is 2.36 bits per heavy atom. The zero-order valence-corrected chi connectivity index (χ0v) is 16.4. The molecule has 28 heavy (non-hydrogen) atoms. The molecule has 0 atom stereocenters. The van der Waals surface area contributed by atoms with E-state index in [-0.39, 0.29) is 22.9 Å². The Kier molecular flexibility index (Phi) is 5.37. The van der Waals surface area contributed by atoms with E-state index in [1.807, 2.05) is 12.1 Å². The van der Waals surface area contributed by atoms with Gasteiger partial charge in [-0.2, -0.15) is 0 Å². The molecule has 2 aromatic carbocycles. The molecule has 6 nitrogen and oxygen atoms in total. The molecule has 7 heteroatoms. The zero-order valence-electron chi connectivity index (χ0n) is 15.6. The van der Waals surface area contributed by atoms with E-state index < -0.39 is 10.0 Å². The van der Waals surface area contributed by atoms with Gasteiger partial charge in [0.2, 0.25) is 10.0 Å². The van der Waals surface area contributed by atoms with Gasteiger partial charge in [0.1, 0.15) is 5.75 Å². The normalized spacial score (nSPS) is 17.4. The van der Waals surface area contributed by atoms with Crippen LogP contribution >= 0.6 is 0 Å². The first-order valence-corrected chi connectivity index (χ1v) is 11.2. The van der Waals surface area contributed by atoms with Gasteiger partial charge >= 0.3 is 0 Å². The van der Waals surface area contributed by atoms with Gasteiger partial charge in [-0.05, 0) is 81.0 Å². The van der Waals surface area contributed by atoms with E-state index in [1.165, 1.54) is 25.0 Å². The minimum Gasteiger partial charge on any atom is -0.490 e. The smallest absolute Gasteiger partial charge is 0.255 e. The van der Waals surface area contributed by atoms with E-state index in [4.69, 9.17) is 4.74 Å². The number of ether oxygens (including phenoxy) is 1. The molecule has 2 aromatic rings. The maximum absolute atomic E-state index is 12.5. The van der Waals surface area contributed by atoms with Gasteiger partial charge in [0.15, 0.2) is 0 Å². The lowest BCUT2D eigenvalue weighted by Gasteiger charge is -2.13. The van der Waals surface area contributed by atoms with E-state index in [0.717, 1.165) is 31.4 Å². The van der Waals surface area contributed by atoms with Crippen LogP contribution in [0, 0.1) is 0 Å². The van der Waals surface area contributed by atoms with Gasteiger partial charge in [0.05, 0.1) is 11.0 Å². The number of carbonyl (C=O) groups is 1. The molecule has 0 unspecified atom stereocenters. The van der Waals surface area contributed by atoms with Gasteiger partial charge in [0, 0.05) is 17.3 Å². The third kappa shape index (κ3) is 4.72. The minimum absolute atomic E-state index is 0.0208. The summed E-state index contributed by atoms with van der Waals surface area (Å²) < 4.78 is 33.2. The quantitative estimate of drug-likeness (QED) is 0.742. The third-order valence-electron chi connectivity index (χ3n) is 5.02. The molecule has 1 amide bonds. The van der Waals surface area contributed by atoms with E-state index in [2.05, 4.69) is 10.0 Å². The Morgan fingerprint density at radius 1 is 0.964 bits per heavy atom. The fraction of sp³-hybridized carbons (Fsp3) is 0.381. The number of benzene rings is 2. The highest BCUT2D eigenvalue weighted by molar-refractivity contribution is 7.89. The summed E-state index contributed by atoms with van der Waals surface area (Å²) in [6.45, 7) is 0. The van der Waals surface area contributed by atoms with Crippen molar-refractivity contribution in [1.29, 1.82) is 0 Å². The van der Waals surface area contributed by atoms with E-state index in [1.54, 1.807) is 24.3 Å². The van der Waals surface area contributed by atoms with Gasteiger partial charge in [-0.1, -0.05) is 6.07 Å². The highest BCUT2D eigenvalue weighted by Crippen LogP contribution is 2.25. The number of hydrogen-bond acceptors (Lipinski definition) is 4. The summed E-state index contributed by atoms with van der Waals surface area (Å²) >= 11 is 0. The first-order chi connectivity index (χ1) is 13.5. The number of hydrogen-bond donors (Lipinski definition) is 2. The van der Waals surface area contributed by atoms with Crippen LogP contribution in [0.4, 0.5) is 5.69 Å². The maximum Gasteiger partial charge on any atom is 0.255 e. The Morgan fingerprint density at radius 2 is 1.68 bits per heavy atom. The molecule has 2 N–H and O–H groups in total. The molecule has 4 rings (SSSR count). The predicted octanol–water partition coefficient (Wildman–Crippen LogP) is 3.70. The Labute approximate surface area is 165 Å². The Balaban J connectivity index is 1.41. The first-order valence-electron chi connectivity index (χ1n) is 9.70. The summed E-state index contributed by atoms with van der Waals surface area (Å²) in [5, 5.41) is 2.80. The highest BCUT2D eigenvalue weighted by Gasteiger charge is 2.28. The lowest BCUT2D eigenvalue weighted by atomic mass is 10.2. The Bertz CT molecular complexity index is 947. The molecule has 0 heterocycles. The molecule has 0 bridgehead atoms. The summed E-state index contributed by atoms with van der Waals surface area (Å²) in [5.74, 6) is 0.442. The topological polar surface area (TPSA) is 84.5 Å². The van der Waals surface area contributed by atoms with Crippen molar-refractivity contribution < 1.29 is 17.9 Å². The maximum atomic E-state index is 12.5. The van der Waals surface area contributed by atoms with Crippen molar-refractivity contribution in [3.63, 3.8) is 0 Å². The van der Waals surface area contributed by atoms with Crippen LogP contribution in [0.25, 0.3) is 0 Å². The fourth-order valence-corrected chi connectivity index (χ4v) is 4.66. The molecule has 0 aromatic heterocycles. The van der Waals surface area contributed by atoms with Gasteiger partial charge in [0.25, 0.3) is 5.91 Å². The van der Waals surface area contributed by atoms with E-state index in [9.17, 15) is 13.2 Å². The number of amides is 1. The summed E-state index contributed by atoms with van der Waals surface area (Å²) in [6, 6.07) is 13.4. The highest BCUT2D eigenvalue weighted by atomic mass is 32.2. The zero-order chi connectivity index (χ0) is 19.6. The fourth-order valence-electron chi connectivity index (χ4n) is 3.31. The molecule has 2 saturated carbocycles. The summed E-state index contributed by atoms with van der Waals surface area (Å²) in [5.41, 5.74) is 0.929. The van der Waals surface area contributed by atoms with E-state index >= 15 is 0 Å². The molecule has 0 saturated heterocycles. The molecule has 0 aliphatic heterocycles. The number of carbonyl (C=O) groups excluding carboxylic acids is 1. The van der Waals surface area contributed by atoms with Gasteiger partial charge in [-0.25, -0.2) is 13.1 Å². The molecule has 2 aliphatic rings. The molecule has 0 spiro atoms. The van der Waals surface area contributed by atoms with E-state index in [0.29, 0.717) is 11.3 Å². The van der Waals surface area contributed by atoms with Crippen LogP contribution in [-0.2, 0) is 10.0 Å². The minimum atomic E-state index is -3.59. The van der Waals surface area contributed by atoms with Gasteiger partial charge in [-0.15, -0.1) is 0 Å². The molecular weight excluding hydrogens is 376 g/mol. The van der Waals surface area contributed by atoms with Crippen LogP contribution < -0.4 is 14.8 Å². The van der Waals surface area contributed by atoms with Crippen LogP contribution in [-0.4, -0.2) is 26.5 Å². The van der Waals surface area contributed by atoms with Crippen LogP contribution in [0.1, 0.15) is 48.9 Å². The second-order valence-corrected chi connectivity index (χ2v) is 9.14. The second-order valence-electron chi connectivity index (χ2n) is 7.43. The van der Waals surface area contributed by atoms with Crippen LogP contribution in [0.3, 0.4) is 0 Å². The van der Waals surface area contributed by atoms with Gasteiger partial charge < -0.3 is 10.1 Å². The van der Waals surface area contributed by atoms with Crippen molar-refractivity contribution in [2.75, 3.05) is 5.32 Å². The van der Waals surface area contributed by atoms with Crippen molar-refractivity contribution in [2.45, 2.75) is 55.6 Å². The van der Waals surface area contributed by atoms with Crippen LogP contribution in [0.15, 0.2) is 53.4 Å².